The van der Waals surface area contributed by atoms with Crippen LogP contribution in [0.15, 0.2) is 77.3 Å². The van der Waals surface area contributed by atoms with E-state index in [1.807, 2.05) is 18.2 Å². The molecule has 3 heteroatoms. The van der Waals surface area contributed by atoms with Crippen molar-refractivity contribution in [2.45, 2.75) is 0 Å². The molecule has 22 heavy (non-hydrogen) atoms. The molecular weight excluding hydrogens is 336 g/mol. The summed E-state index contributed by atoms with van der Waals surface area (Å²) in [6.07, 6.45) is 0. The number of hydrogen-bond acceptors (Lipinski definition) is 1. The lowest BCUT2D eigenvalue weighted by molar-refractivity contribution is 1.10. The molecule has 0 aliphatic rings. The highest BCUT2D eigenvalue weighted by atomic mass is 79.9. The van der Waals surface area contributed by atoms with Crippen molar-refractivity contribution in [3.05, 3.63) is 77.3 Å². The van der Waals surface area contributed by atoms with Gasteiger partial charge in [0.1, 0.15) is 0 Å². The lowest BCUT2D eigenvalue weighted by atomic mass is 10.0. The van der Waals surface area contributed by atoms with E-state index in [4.69, 9.17) is 0 Å². The molecule has 0 aliphatic carbocycles. The van der Waals surface area contributed by atoms with Gasteiger partial charge in [-0.1, -0.05) is 70.5 Å². The van der Waals surface area contributed by atoms with Crippen molar-refractivity contribution < 1.29 is 0 Å². The van der Waals surface area contributed by atoms with Crippen LogP contribution >= 0.6 is 15.9 Å². The Hall–Kier alpha value is -2.39. The summed E-state index contributed by atoms with van der Waals surface area (Å²) >= 11 is 3.58. The van der Waals surface area contributed by atoms with Crippen LogP contribution in [0.3, 0.4) is 0 Å². The van der Waals surface area contributed by atoms with Crippen molar-refractivity contribution in [1.29, 1.82) is 0 Å². The molecule has 0 saturated heterocycles. The minimum atomic E-state index is 0.955. The number of aromatic nitrogens is 2. The van der Waals surface area contributed by atoms with Gasteiger partial charge < -0.3 is 0 Å². The third kappa shape index (κ3) is 2.34. The van der Waals surface area contributed by atoms with Gasteiger partial charge in [-0.15, -0.1) is 0 Å². The number of halogens is 1. The van der Waals surface area contributed by atoms with E-state index in [0.717, 1.165) is 27.0 Å². The summed E-state index contributed by atoms with van der Waals surface area (Å²) in [6, 6.07) is 25.0. The number of benzene rings is 3. The smallest absolute Gasteiger partial charge is 0.0927 e. The van der Waals surface area contributed by atoms with Gasteiger partial charge in [-0.05, 0) is 29.0 Å². The number of H-pyrrole nitrogens is 1. The molecule has 2 nitrogen and oxygen atoms in total. The first-order valence-electron chi connectivity index (χ1n) is 7.11. The van der Waals surface area contributed by atoms with Crippen LogP contribution in [0.1, 0.15) is 0 Å². The van der Waals surface area contributed by atoms with Gasteiger partial charge in [-0.25, -0.2) is 0 Å². The SMILES string of the molecule is Brc1ccccc1-c1cc(-c2ccc3ccccc3c2)n[nH]1. The zero-order valence-corrected chi connectivity index (χ0v) is 13.3. The maximum atomic E-state index is 4.46. The van der Waals surface area contributed by atoms with E-state index in [1.54, 1.807) is 0 Å². The summed E-state index contributed by atoms with van der Waals surface area (Å²) < 4.78 is 1.06. The number of fused-ring (bicyclic) bond motifs is 1. The topological polar surface area (TPSA) is 28.7 Å². The van der Waals surface area contributed by atoms with E-state index in [0.29, 0.717) is 0 Å². The fraction of sp³-hybridized carbons (Fsp3) is 0. The minimum absolute atomic E-state index is 0.955. The molecular formula is C19H13BrN2. The number of nitrogens with zero attached hydrogens (tertiary/aromatic N) is 1. The van der Waals surface area contributed by atoms with Gasteiger partial charge in [-0.2, -0.15) is 5.10 Å². The third-order valence-electron chi connectivity index (χ3n) is 3.79. The summed E-state index contributed by atoms with van der Waals surface area (Å²) in [5, 5.41) is 10.1. The van der Waals surface area contributed by atoms with Crippen LogP contribution in [0.4, 0.5) is 0 Å². The molecule has 0 unspecified atom stereocenters. The molecule has 0 fully saturated rings. The van der Waals surface area contributed by atoms with Gasteiger partial charge in [0.2, 0.25) is 0 Å². The molecule has 106 valence electrons. The fourth-order valence-corrected chi connectivity index (χ4v) is 3.13. The van der Waals surface area contributed by atoms with Gasteiger partial charge in [-0.3, -0.25) is 5.10 Å². The first-order chi connectivity index (χ1) is 10.8. The molecule has 0 radical (unpaired) electrons. The highest BCUT2D eigenvalue weighted by molar-refractivity contribution is 9.10. The molecule has 1 heterocycles. The Morgan fingerprint density at radius 2 is 1.55 bits per heavy atom. The second kappa shape index (κ2) is 5.43. The Morgan fingerprint density at radius 3 is 2.41 bits per heavy atom. The third-order valence-corrected chi connectivity index (χ3v) is 4.48. The van der Waals surface area contributed by atoms with Crippen molar-refractivity contribution in [2.75, 3.05) is 0 Å². The van der Waals surface area contributed by atoms with Crippen molar-refractivity contribution in [3.63, 3.8) is 0 Å². The Kier molecular flexibility index (Phi) is 3.28. The second-order valence-corrected chi connectivity index (χ2v) is 6.06. The average Bonchev–Trinajstić information content (AvgIpc) is 3.04. The van der Waals surface area contributed by atoms with E-state index < -0.39 is 0 Å². The van der Waals surface area contributed by atoms with Crippen LogP contribution in [-0.2, 0) is 0 Å². The van der Waals surface area contributed by atoms with Crippen molar-refractivity contribution in [2.24, 2.45) is 0 Å². The van der Waals surface area contributed by atoms with Crippen molar-refractivity contribution in [3.8, 4) is 22.5 Å². The first kappa shape index (κ1) is 13.3. The minimum Gasteiger partial charge on any atom is -0.277 e. The largest absolute Gasteiger partial charge is 0.277 e. The molecule has 1 aromatic heterocycles. The van der Waals surface area contributed by atoms with Crippen LogP contribution in [0.25, 0.3) is 33.3 Å². The van der Waals surface area contributed by atoms with Crippen LogP contribution < -0.4 is 0 Å². The summed E-state index contributed by atoms with van der Waals surface area (Å²) in [5.74, 6) is 0. The van der Waals surface area contributed by atoms with Crippen LogP contribution in [-0.4, -0.2) is 10.2 Å². The van der Waals surface area contributed by atoms with E-state index in [1.165, 1.54) is 10.8 Å². The quantitative estimate of drug-likeness (QED) is 0.497. The van der Waals surface area contributed by atoms with E-state index in [-0.39, 0.29) is 0 Å². The Morgan fingerprint density at radius 1 is 0.773 bits per heavy atom. The number of aromatic amines is 1. The summed E-state index contributed by atoms with van der Waals surface area (Å²) in [6.45, 7) is 0. The van der Waals surface area contributed by atoms with E-state index >= 15 is 0 Å². The van der Waals surface area contributed by atoms with Gasteiger partial charge >= 0.3 is 0 Å². The second-order valence-electron chi connectivity index (χ2n) is 5.21. The normalized spacial score (nSPS) is 11.0. The zero-order chi connectivity index (χ0) is 14.9. The Bertz CT molecular complexity index is 956. The van der Waals surface area contributed by atoms with Crippen LogP contribution in [0, 0.1) is 0 Å². The predicted octanol–water partition coefficient (Wildman–Crippen LogP) is 5.66. The molecule has 1 N–H and O–H groups in total. The number of hydrogen-bond donors (Lipinski definition) is 1. The molecule has 0 aliphatic heterocycles. The van der Waals surface area contributed by atoms with Gasteiger partial charge in [0.15, 0.2) is 0 Å². The molecule has 0 amide bonds. The molecule has 0 bridgehead atoms. The molecule has 4 rings (SSSR count). The maximum absolute atomic E-state index is 4.46. The maximum Gasteiger partial charge on any atom is 0.0927 e. The Balaban J connectivity index is 1.78. The van der Waals surface area contributed by atoms with Crippen molar-refractivity contribution in [1.82, 2.24) is 10.2 Å². The summed E-state index contributed by atoms with van der Waals surface area (Å²) in [5.41, 5.74) is 4.20. The van der Waals surface area contributed by atoms with Gasteiger partial charge in [0, 0.05) is 15.6 Å². The average molecular weight is 349 g/mol. The van der Waals surface area contributed by atoms with E-state index in [9.17, 15) is 0 Å². The molecule has 0 saturated carbocycles. The van der Waals surface area contributed by atoms with Crippen LogP contribution in [0.2, 0.25) is 0 Å². The molecule has 3 aromatic carbocycles. The summed E-state index contributed by atoms with van der Waals surface area (Å²) in [4.78, 5) is 0. The monoisotopic (exact) mass is 348 g/mol. The zero-order valence-electron chi connectivity index (χ0n) is 11.8. The first-order valence-corrected chi connectivity index (χ1v) is 7.90. The predicted molar refractivity (Wildman–Crippen MR) is 94.7 cm³/mol. The lowest BCUT2D eigenvalue weighted by Crippen LogP contribution is -1.79. The van der Waals surface area contributed by atoms with Crippen molar-refractivity contribution >= 4 is 26.7 Å². The number of nitrogens with one attached hydrogen (secondary N) is 1. The fourth-order valence-electron chi connectivity index (χ4n) is 2.64. The molecule has 4 aromatic rings. The molecule has 0 spiro atoms. The van der Waals surface area contributed by atoms with Gasteiger partial charge in [0.25, 0.3) is 0 Å². The number of rotatable bonds is 2. The molecule has 0 atom stereocenters. The highest BCUT2D eigenvalue weighted by Crippen LogP contribution is 2.30. The highest BCUT2D eigenvalue weighted by Gasteiger charge is 2.08. The Labute approximate surface area is 136 Å². The lowest BCUT2D eigenvalue weighted by Gasteiger charge is -2.01. The van der Waals surface area contributed by atoms with E-state index in [2.05, 4.69) is 80.7 Å². The standard InChI is InChI=1S/C19H13BrN2/c20-17-8-4-3-7-16(17)19-12-18(21-22-19)15-10-9-13-5-1-2-6-14(13)11-15/h1-12H,(H,21,22). The summed E-state index contributed by atoms with van der Waals surface area (Å²) in [7, 11) is 0. The van der Waals surface area contributed by atoms with Crippen LogP contribution in [0.5, 0.6) is 0 Å². The van der Waals surface area contributed by atoms with Gasteiger partial charge in [0.05, 0.1) is 11.4 Å².